The number of piperazine rings is 1. The van der Waals surface area contributed by atoms with E-state index in [1.807, 2.05) is 4.90 Å². The fourth-order valence-corrected chi connectivity index (χ4v) is 2.27. The Kier molecular flexibility index (Phi) is 4.34. The maximum absolute atomic E-state index is 13.1. The Morgan fingerprint density at radius 1 is 1.25 bits per heavy atom. The Morgan fingerprint density at radius 3 is 2.45 bits per heavy atom. The van der Waals surface area contributed by atoms with Crippen molar-refractivity contribution in [3.05, 3.63) is 35.6 Å². The summed E-state index contributed by atoms with van der Waals surface area (Å²) in [6, 6.07) is 5.04. The van der Waals surface area contributed by atoms with E-state index in [1.165, 1.54) is 18.2 Å². The summed E-state index contributed by atoms with van der Waals surface area (Å²) in [7, 11) is 0. The van der Waals surface area contributed by atoms with Crippen molar-refractivity contribution in [1.29, 1.82) is 0 Å². The van der Waals surface area contributed by atoms with Crippen LogP contribution < -0.4 is 0 Å². The first-order valence-electron chi connectivity index (χ1n) is 6.50. The van der Waals surface area contributed by atoms with E-state index in [0.29, 0.717) is 31.7 Å². The summed E-state index contributed by atoms with van der Waals surface area (Å²) in [6.45, 7) is 3.55. The number of hydrogen-bond donors (Lipinski definition) is 1. The number of halogens is 1. The third-order valence-corrected chi connectivity index (χ3v) is 3.58. The smallest absolute Gasteiger partial charge is 0.320 e. The van der Waals surface area contributed by atoms with Crippen LogP contribution in [0.25, 0.3) is 0 Å². The highest BCUT2D eigenvalue weighted by atomic mass is 19.1. The Labute approximate surface area is 116 Å². The largest absolute Gasteiger partial charge is 0.480 e. The number of aliphatic carboxylic acids is 1. The molecule has 108 valence electrons. The Bertz CT molecular complexity index is 513. The third kappa shape index (κ3) is 3.14. The van der Waals surface area contributed by atoms with Gasteiger partial charge < -0.3 is 10.0 Å². The third-order valence-electron chi connectivity index (χ3n) is 3.58. The van der Waals surface area contributed by atoms with Crippen LogP contribution in [0.1, 0.15) is 17.3 Å². The molecule has 0 aliphatic carbocycles. The lowest BCUT2D eigenvalue weighted by atomic mass is 10.1. The lowest BCUT2D eigenvalue weighted by Gasteiger charge is -2.36. The number of benzene rings is 1. The Balaban J connectivity index is 1.97. The van der Waals surface area contributed by atoms with Crippen LogP contribution in [0.5, 0.6) is 0 Å². The van der Waals surface area contributed by atoms with Gasteiger partial charge in [0, 0.05) is 31.7 Å². The average molecular weight is 280 g/mol. The minimum absolute atomic E-state index is 0.216. The van der Waals surface area contributed by atoms with Crippen molar-refractivity contribution in [3.63, 3.8) is 0 Å². The molecule has 1 fully saturated rings. The van der Waals surface area contributed by atoms with Gasteiger partial charge >= 0.3 is 5.97 Å². The van der Waals surface area contributed by atoms with Crippen molar-refractivity contribution in [1.82, 2.24) is 9.80 Å². The molecule has 0 saturated carbocycles. The fourth-order valence-electron chi connectivity index (χ4n) is 2.27. The summed E-state index contributed by atoms with van der Waals surface area (Å²) < 4.78 is 13.1. The van der Waals surface area contributed by atoms with E-state index in [1.54, 1.807) is 17.9 Å². The van der Waals surface area contributed by atoms with Gasteiger partial charge in [-0.25, -0.2) is 4.39 Å². The molecule has 0 aromatic heterocycles. The van der Waals surface area contributed by atoms with Crippen molar-refractivity contribution >= 4 is 11.9 Å². The molecule has 1 N–H and O–H groups in total. The van der Waals surface area contributed by atoms with Crippen molar-refractivity contribution in [2.24, 2.45) is 0 Å². The summed E-state index contributed by atoms with van der Waals surface area (Å²) in [5.41, 5.74) is 0.324. The van der Waals surface area contributed by atoms with Gasteiger partial charge in [-0.1, -0.05) is 6.07 Å². The second-order valence-corrected chi connectivity index (χ2v) is 4.85. The van der Waals surface area contributed by atoms with Gasteiger partial charge in [-0.15, -0.1) is 0 Å². The molecule has 0 bridgehead atoms. The molecule has 0 spiro atoms. The molecule has 1 aliphatic rings. The highest BCUT2D eigenvalue weighted by Crippen LogP contribution is 2.12. The lowest BCUT2D eigenvalue weighted by Crippen LogP contribution is -2.53. The quantitative estimate of drug-likeness (QED) is 0.899. The minimum atomic E-state index is -0.866. The monoisotopic (exact) mass is 280 g/mol. The first kappa shape index (κ1) is 14.5. The summed E-state index contributed by atoms with van der Waals surface area (Å²) in [6.07, 6.45) is 0. The summed E-state index contributed by atoms with van der Waals surface area (Å²) in [4.78, 5) is 26.5. The van der Waals surface area contributed by atoms with E-state index in [-0.39, 0.29) is 5.91 Å². The summed E-state index contributed by atoms with van der Waals surface area (Å²) >= 11 is 0. The molecule has 1 atom stereocenters. The van der Waals surface area contributed by atoms with E-state index in [0.717, 1.165) is 0 Å². The predicted octanol–water partition coefficient (Wildman–Crippen LogP) is 1.06. The van der Waals surface area contributed by atoms with Crippen molar-refractivity contribution < 1.29 is 19.1 Å². The van der Waals surface area contributed by atoms with Crippen LogP contribution in [0.3, 0.4) is 0 Å². The first-order valence-corrected chi connectivity index (χ1v) is 6.50. The molecule has 1 saturated heterocycles. The number of carboxylic acids is 1. The molecular formula is C14H17FN2O3. The zero-order valence-electron chi connectivity index (χ0n) is 11.3. The van der Waals surface area contributed by atoms with Gasteiger partial charge in [0.1, 0.15) is 11.9 Å². The minimum Gasteiger partial charge on any atom is -0.480 e. The average Bonchev–Trinajstić information content (AvgIpc) is 2.46. The first-order chi connectivity index (χ1) is 9.49. The van der Waals surface area contributed by atoms with Gasteiger partial charge in [-0.2, -0.15) is 0 Å². The normalized spacial score (nSPS) is 17.8. The van der Waals surface area contributed by atoms with Crippen LogP contribution in [0.2, 0.25) is 0 Å². The van der Waals surface area contributed by atoms with Crippen LogP contribution in [0.4, 0.5) is 4.39 Å². The second-order valence-electron chi connectivity index (χ2n) is 4.85. The van der Waals surface area contributed by atoms with Crippen LogP contribution in [-0.2, 0) is 4.79 Å². The number of hydrogen-bond acceptors (Lipinski definition) is 3. The maximum atomic E-state index is 13.1. The highest BCUT2D eigenvalue weighted by molar-refractivity contribution is 5.94. The van der Waals surface area contributed by atoms with E-state index in [9.17, 15) is 14.0 Å². The second kappa shape index (κ2) is 6.00. The highest BCUT2D eigenvalue weighted by Gasteiger charge is 2.27. The molecule has 1 aliphatic heterocycles. The number of nitrogens with zero attached hydrogens (tertiary/aromatic N) is 2. The molecule has 1 heterocycles. The van der Waals surface area contributed by atoms with E-state index in [4.69, 9.17) is 5.11 Å². The number of amides is 1. The molecule has 5 nitrogen and oxygen atoms in total. The zero-order chi connectivity index (χ0) is 14.7. The molecule has 1 aromatic carbocycles. The molecule has 20 heavy (non-hydrogen) atoms. The van der Waals surface area contributed by atoms with Gasteiger partial charge in [0.2, 0.25) is 0 Å². The van der Waals surface area contributed by atoms with Gasteiger partial charge in [0.05, 0.1) is 0 Å². The van der Waals surface area contributed by atoms with Gasteiger partial charge in [0.15, 0.2) is 0 Å². The van der Waals surface area contributed by atoms with Crippen LogP contribution in [0.15, 0.2) is 24.3 Å². The molecule has 2 rings (SSSR count). The summed E-state index contributed by atoms with van der Waals surface area (Å²) in [5.74, 6) is -1.52. The molecule has 0 radical (unpaired) electrons. The Morgan fingerprint density at radius 2 is 1.90 bits per heavy atom. The fraction of sp³-hybridized carbons (Fsp3) is 0.429. The number of carboxylic acid groups (broad SMARTS) is 1. The molecule has 1 aromatic rings. The van der Waals surface area contributed by atoms with E-state index in [2.05, 4.69) is 0 Å². The van der Waals surface area contributed by atoms with Crippen LogP contribution in [0, 0.1) is 5.82 Å². The molecule has 0 unspecified atom stereocenters. The zero-order valence-corrected chi connectivity index (χ0v) is 11.3. The Hall–Kier alpha value is -1.95. The number of carbonyl (C=O) groups excluding carboxylic acids is 1. The lowest BCUT2D eigenvalue weighted by molar-refractivity contribution is -0.143. The SMILES string of the molecule is C[C@@H](C(=O)O)N1CCN(C(=O)c2cccc(F)c2)CC1. The predicted molar refractivity (Wildman–Crippen MR) is 71.0 cm³/mol. The summed E-state index contributed by atoms with van der Waals surface area (Å²) in [5, 5.41) is 8.95. The molecular weight excluding hydrogens is 263 g/mol. The number of rotatable bonds is 3. The van der Waals surface area contributed by atoms with E-state index < -0.39 is 17.8 Å². The van der Waals surface area contributed by atoms with Gasteiger partial charge in [0.25, 0.3) is 5.91 Å². The maximum Gasteiger partial charge on any atom is 0.320 e. The standard InChI is InChI=1S/C14H17FN2O3/c1-10(14(19)20)16-5-7-17(8-6-16)13(18)11-3-2-4-12(15)9-11/h2-4,9-10H,5-8H2,1H3,(H,19,20)/t10-/m0/s1. The van der Waals surface area contributed by atoms with E-state index >= 15 is 0 Å². The van der Waals surface area contributed by atoms with Gasteiger partial charge in [-0.3, -0.25) is 14.5 Å². The van der Waals surface area contributed by atoms with Gasteiger partial charge in [-0.05, 0) is 25.1 Å². The van der Waals surface area contributed by atoms with Crippen molar-refractivity contribution in [2.75, 3.05) is 26.2 Å². The van der Waals surface area contributed by atoms with Crippen LogP contribution >= 0.6 is 0 Å². The van der Waals surface area contributed by atoms with Crippen molar-refractivity contribution in [2.45, 2.75) is 13.0 Å². The molecule has 1 amide bonds. The number of carbonyl (C=O) groups is 2. The van der Waals surface area contributed by atoms with Crippen molar-refractivity contribution in [3.8, 4) is 0 Å². The topological polar surface area (TPSA) is 60.9 Å². The van der Waals surface area contributed by atoms with Crippen LogP contribution in [-0.4, -0.2) is 59.0 Å². The molecule has 6 heteroatoms.